The Balaban J connectivity index is 1.47. The zero-order valence-electron chi connectivity index (χ0n) is 19.2. The second kappa shape index (κ2) is 11.7. The smallest absolute Gasteiger partial charge is 0.243 e. The van der Waals surface area contributed by atoms with Crippen LogP contribution in [0.1, 0.15) is 11.1 Å². The van der Waals surface area contributed by atoms with Gasteiger partial charge in [-0.1, -0.05) is 76.1 Å². The normalized spacial score (nSPS) is 14.9. The van der Waals surface area contributed by atoms with Gasteiger partial charge in [0, 0.05) is 48.8 Å². The van der Waals surface area contributed by atoms with E-state index in [4.69, 9.17) is 11.6 Å². The molecular formula is C26H27BrClN3O3S. The van der Waals surface area contributed by atoms with Crippen molar-refractivity contribution in [1.82, 2.24) is 14.1 Å². The van der Waals surface area contributed by atoms with Gasteiger partial charge in [0.1, 0.15) is 0 Å². The molecule has 0 aliphatic carbocycles. The van der Waals surface area contributed by atoms with Gasteiger partial charge in [-0.3, -0.25) is 9.69 Å². The Labute approximate surface area is 220 Å². The van der Waals surface area contributed by atoms with Gasteiger partial charge in [0.05, 0.1) is 11.4 Å². The largest absolute Gasteiger partial charge is 0.339 e. The maximum atomic E-state index is 13.5. The minimum absolute atomic E-state index is 0.0117. The van der Waals surface area contributed by atoms with Gasteiger partial charge in [0.25, 0.3) is 0 Å². The Morgan fingerprint density at radius 2 is 1.51 bits per heavy atom. The molecule has 3 aromatic carbocycles. The van der Waals surface area contributed by atoms with E-state index in [-0.39, 0.29) is 23.9 Å². The van der Waals surface area contributed by atoms with Crippen molar-refractivity contribution >= 4 is 43.5 Å². The van der Waals surface area contributed by atoms with Gasteiger partial charge < -0.3 is 4.90 Å². The molecule has 0 saturated carbocycles. The van der Waals surface area contributed by atoms with E-state index in [0.717, 1.165) is 24.1 Å². The van der Waals surface area contributed by atoms with E-state index in [1.807, 2.05) is 18.2 Å². The fraction of sp³-hybridized carbons (Fsp3) is 0.269. The van der Waals surface area contributed by atoms with Crippen LogP contribution in [0, 0.1) is 0 Å². The molecule has 9 heteroatoms. The molecule has 1 aliphatic heterocycles. The molecule has 35 heavy (non-hydrogen) atoms. The fourth-order valence-corrected chi connectivity index (χ4v) is 5.87. The zero-order chi connectivity index (χ0) is 24.8. The topological polar surface area (TPSA) is 60.9 Å². The van der Waals surface area contributed by atoms with Crippen LogP contribution in [0.4, 0.5) is 0 Å². The summed E-state index contributed by atoms with van der Waals surface area (Å²) >= 11 is 9.66. The lowest BCUT2D eigenvalue weighted by atomic mass is 10.2. The molecule has 0 atom stereocenters. The highest BCUT2D eigenvalue weighted by atomic mass is 79.9. The molecule has 4 rings (SSSR count). The van der Waals surface area contributed by atoms with Gasteiger partial charge in [-0.05, 0) is 41.5 Å². The van der Waals surface area contributed by atoms with Gasteiger partial charge in [-0.25, -0.2) is 8.42 Å². The van der Waals surface area contributed by atoms with Crippen molar-refractivity contribution < 1.29 is 13.2 Å². The number of piperazine rings is 1. The predicted octanol–water partition coefficient (Wildman–Crippen LogP) is 4.64. The summed E-state index contributed by atoms with van der Waals surface area (Å²) in [5.74, 6) is -0.211. The Bertz CT molecular complexity index is 1250. The molecule has 1 amide bonds. The van der Waals surface area contributed by atoms with Crippen LogP contribution in [-0.4, -0.2) is 61.2 Å². The van der Waals surface area contributed by atoms with Crippen molar-refractivity contribution in [1.29, 1.82) is 0 Å². The molecule has 0 spiro atoms. The summed E-state index contributed by atoms with van der Waals surface area (Å²) in [7, 11) is -3.92. The van der Waals surface area contributed by atoms with Crippen molar-refractivity contribution in [2.24, 2.45) is 0 Å². The molecule has 1 aliphatic rings. The average molecular weight is 577 g/mol. The van der Waals surface area contributed by atoms with Crippen LogP contribution >= 0.6 is 27.5 Å². The molecule has 1 saturated heterocycles. The first kappa shape index (κ1) is 25.9. The molecule has 1 heterocycles. The Hall–Kier alpha value is -2.23. The quantitative estimate of drug-likeness (QED) is 0.392. The first-order chi connectivity index (χ1) is 16.8. The van der Waals surface area contributed by atoms with E-state index in [1.54, 1.807) is 41.3 Å². The Kier molecular flexibility index (Phi) is 8.62. The standard InChI is InChI=1S/C26H27BrClN3O3S/c27-23-10-12-24(13-11-23)35(33,34)31(19-22-8-4-5-9-25(22)28)20-26(32)30-16-14-29(15-17-30)18-21-6-2-1-3-7-21/h1-13H,14-20H2. The monoisotopic (exact) mass is 575 g/mol. The lowest BCUT2D eigenvalue weighted by Gasteiger charge is -2.35. The van der Waals surface area contributed by atoms with Crippen LogP contribution in [0.5, 0.6) is 0 Å². The first-order valence-electron chi connectivity index (χ1n) is 11.4. The van der Waals surface area contributed by atoms with Gasteiger partial charge in [-0.15, -0.1) is 0 Å². The summed E-state index contributed by atoms with van der Waals surface area (Å²) in [6.07, 6.45) is 0. The highest BCUT2D eigenvalue weighted by Gasteiger charge is 2.30. The molecular weight excluding hydrogens is 550 g/mol. The summed E-state index contributed by atoms with van der Waals surface area (Å²) in [6.45, 7) is 3.20. The van der Waals surface area contributed by atoms with Crippen molar-refractivity contribution in [3.63, 3.8) is 0 Å². The van der Waals surface area contributed by atoms with E-state index in [1.165, 1.54) is 22.0 Å². The highest BCUT2D eigenvalue weighted by Crippen LogP contribution is 2.24. The number of rotatable bonds is 8. The number of benzene rings is 3. The molecule has 0 unspecified atom stereocenters. The second-order valence-corrected chi connectivity index (χ2v) is 11.7. The number of hydrogen-bond donors (Lipinski definition) is 0. The molecule has 0 bridgehead atoms. The number of sulfonamides is 1. The van der Waals surface area contributed by atoms with Crippen molar-refractivity contribution in [3.8, 4) is 0 Å². The number of nitrogens with zero attached hydrogens (tertiary/aromatic N) is 3. The maximum Gasteiger partial charge on any atom is 0.243 e. The lowest BCUT2D eigenvalue weighted by Crippen LogP contribution is -2.51. The summed E-state index contributed by atoms with van der Waals surface area (Å²) in [5, 5.41) is 0.463. The van der Waals surface area contributed by atoms with Crippen LogP contribution in [0.15, 0.2) is 88.2 Å². The molecule has 184 valence electrons. The lowest BCUT2D eigenvalue weighted by molar-refractivity contribution is -0.133. The van der Waals surface area contributed by atoms with Crippen LogP contribution in [0.2, 0.25) is 5.02 Å². The predicted molar refractivity (Wildman–Crippen MR) is 141 cm³/mol. The number of carbonyl (C=O) groups excluding carboxylic acids is 1. The SMILES string of the molecule is O=C(CN(Cc1ccccc1Cl)S(=O)(=O)c1ccc(Br)cc1)N1CCN(Cc2ccccc2)CC1. The summed E-state index contributed by atoms with van der Waals surface area (Å²) < 4.78 is 29.0. The van der Waals surface area contributed by atoms with Crippen molar-refractivity contribution in [2.75, 3.05) is 32.7 Å². The highest BCUT2D eigenvalue weighted by molar-refractivity contribution is 9.10. The van der Waals surface area contributed by atoms with Gasteiger partial charge >= 0.3 is 0 Å². The molecule has 0 N–H and O–H groups in total. The number of carbonyl (C=O) groups is 1. The Morgan fingerprint density at radius 3 is 2.17 bits per heavy atom. The number of amides is 1. The molecule has 3 aromatic rings. The van der Waals surface area contributed by atoms with Gasteiger partial charge in [-0.2, -0.15) is 4.31 Å². The molecule has 1 fully saturated rings. The summed E-state index contributed by atoms with van der Waals surface area (Å²) in [4.78, 5) is 17.4. The van der Waals surface area contributed by atoms with Gasteiger partial charge in [0.2, 0.25) is 15.9 Å². The van der Waals surface area contributed by atoms with E-state index >= 15 is 0 Å². The molecule has 0 aromatic heterocycles. The minimum atomic E-state index is -3.92. The van der Waals surface area contributed by atoms with Crippen LogP contribution in [0.25, 0.3) is 0 Å². The average Bonchev–Trinajstić information content (AvgIpc) is 2.86. The Morgan fingerprint density at radius 1 is 0.886 bits per heavy atom. The third kappa shape index (κ3) is 6.71. The van der Waals surface area contributed by atoms with Crippen LogP contribution < -0.4 is 0 Å². The zero-order valence-corrected chi connectivity index (χ0v) is 22.3. The van der Waals surface area contributed by atoms with Crippen LogP contribution in [0.3, 0.4) is 0 Å². The summed E-state index contributed by atoms with van der Waals surface area (Å²) in [5.41, 5.74) is 1.88. The molecule has 6 nitrogen and oxygen atoms in total. The fourth-order valence-electron chi connectivity index (χ4n) is 4.05. The summed E-state index contributed by atoms with van der Waals surface area (Å²) in [6, 6.07) is 23.7. The number of hydrogen-bond acceptors (Lipinski definition) is 4. The molecule has 0 radical (unpaired) electrons. The third-order valence-corrected chi connectivity index (χ3v) is 8.74. The van der Waals surface area contributed by atoms with E-state index < -0.39 is 10.0 Å². The van der Waals surface area contributed by atoms with E-state index in [0.29, 0.717) is 23.7 Å². The van der Waals surface area contributed by atoms with Crippen molar-refractivity contribution in [3.05, 3.63) is 99.5 Å². The minimum Gasteiger partial charge on any atom is -0.339 e. The maximum absolute atomic E-state index is 13.5. The van der Waals surface area contributed by atoms with Crippen molar-refractivity contribution in [2.45, 2.75) is 18.0 Å². The van der Waals surface area contributed by atoms with Gasteiger partial charge in [0.15, 0.2) is 0 Å². The number of halogens is 2. The van der Waals surface area contributed by atoms with E-state index in [2.05, 4.69) is 33.0 Å². The van der Waals surface area contributed by atoms with E-state index in [9.17, 15) is 13.2 Å². The second-order valence-electron chi connectivity index (χ2n) is 8.46. The van der Waals surface area contributed by atoms with Crippen LogP contribution in [-0.2, 0) is 27.9 Å². The third-order valence-electron chi connectivity index (χ3n) is 6.04. The first-order valence-corrected chi connectivity index (χ1v) is 14.0.